The molecule has 0 saturated carbocycles. The number of H-pyrrole nitrogens is 1. The normalized spacial score (nSPS) is 17.7. The topological polar surface area (TPSA) is 95.0 Å². The number of piperidine rings is 1. The number of likely N-dealkylation sites (tertiary alicyclic amines) is 1. The van der Waals surface area contributed by atoms with E-state index in [1.807, 2.05) is 36.9 Å². The standard InChI is InChI=1S/C30H28N8/c1-2-10-38(11-3-1)19-20-12-24(16-32-15-20)22-4-5-25-14-23(13-22)28(37-36-25)30-34-27-18-33-17-26(29(27)35-30)21-6-8-31-9-7-21/h4-9,12-13,15-18,36H,1-3,10-11,14,19H2,(H,34,35). The first-order valence-electron chi connectivity index (χ1n) is 13.2. The fourth-order valence-electron chi connectivity index (χ4n) is 5.45. The van der Waals surface area contributed by atoms with Crippen LogP contribution in [0.25, 0.3) is 27.7 Å². The highest BCUT2D eigenvalue weighted by Crippen LogP contribution is 2.31. The highest BCUT2D eigenvalue weighted by molar-refractivity contribution is 6.14. The van der Waals surface area contributed by atoms with E-state index >= 15 is 0 Å². The Hall–Kier alpha value is -4.43. The van der Waals surface area contributed by atoms with E-state index in [1.54, 1.807) is 12.4 Å². The smallest absolute Gasteiger partial charge is 0.159 e. The van der Waals surface area contributed by atoms with E-state index < -0.39 is 0 Å². The monoisotopic (exact) mass is 500 g/mol. The Morgan fingerprint density at radius 2 is 1.74 bits per heavy atom. The fraction of sp³-hybridized carbons (Fsp3) is 0.233. The van der Waals surface area contributed by atoms with Crippen molar-refractivity contribution in [1.82, 2.24) is 35.2 Å². The molecule has 1 saturated heterocycles. The molecule has 0 spiro atoms. The van der Waals surface area contributed by atoms with Crippen molar-refractivity contribution < 1.29 is 0 Å². The van der Waals surface area contributed by atoms with Gasteiger partial charge < -0.3 is 4.98 Å². The zero-order chi connectivity index (χ0) is 25.3. The lowest BCUT2D eigenvalue weighted by Crippen LogP contribution is -2.29. The number of hydrazone groups is 1. The van der Waals surface area contributed by atoms with Gasteiger partial charge in [-0.2, -0.15) is 5.10 Å². The minimum Gasteiger partial charge on any atom is -0.335 e. The first kappa shape index (κ1) is 22.7. The third kappa shape index (κ3) is 4.43. The quantitative estimate of drug-likeness (QED) is 0.400. The molecular weight excluding hydrogens is 472 g/mol. The molecule has 2 bridgehead atoms. The summed E-state index contributed by atoms with van der Waals surface area (Å²) in [6, 6.07) is 6.22. The molecule has 8 nitrogen and oxygen atoms in total. The maximum atomic E-state index is 4.98. The number of aromatic amines is 1. The van der Waals surface area contributed by atoms with Crippen molar-refractivity contribution in [3.05, 3.63) is 102 Å². The Morgan fingerprint density at radius 1 is 0.868 bits per heavy atom. The number of allylic oxidation sites excluding steroid dienone is 5. The molecule has 188 valence electrons. The lowest BCUT2D eigenvalue weighted by atomic mass is 9.99. The van der Waals surface area contributed by atoms with E-state index in [9.17, 15) is 0 Å². The highest BCUT2D eigenvalue weighted by atomic mass is 15.3. The van der Waals surface area contributed by atoms with E-state index in [0.29, 0.717) is 0 Å². The van der Waals surface area contributed by atoms with E-state index in [-0.39, 0.29) is 0 Å². The van der Waals surface area contributed by atoms with Crippen LogP contribution in [0.1, 0.15) is 42.6 Å². The lowest BCUT2D eigenvalue weighted by molar-refractivity contribution is 0.220. The second-order valence-corrected chi connectivity index (χ2v) is 10.1. The summed E-state index contributed by atoms with van der Waals surface area (Å²) in [5, 5.41) is 4.72. The molecule has 0 amide bonds. The van der Waals surface area contributed by atoms with Crippen LogP contribution in [0.4, 0.5) is 0 Å². The summed E-state index contributed by atoms with van der Waals surface area (Å²) in [5.74, 6) is 0.722. The summed E-state index contributed by atoms with van der Waals surface area (Å²) in [4.78, 5) is 24.1. The average Bonchev–Trinajstić information content (AvgIpc) is 3.33. The molecule has 0 aromatic carbocycles. The molecule has 4 aromatic rings. The summed E-state index contributed by atoms with van der Waals surface area (Å²) in [5.41, 5.74) is 13.4. The third-order valence-electron chi connectivity index (χ3n) is 7.38. The van der Waals surface area contributed by atoms with Gasteiger partial charge in [0.15, 0.2) is 5.82 Å². The average molecular weight is 501 g/mol. The molecule has 1 aliphatic carbocycles. The predicted octanol–water partition coefficient (Wildman–Crippen LogP) is 5.01. The van der Waals surface area contributed by atoms with Crippen molar-refractivity contribution in [1.29, 1.82) is 0 Å². The summed E-state index contributed by atoms with van der Waals surface area (Å²) >= 11 is 0. The van der Waals surface area contributed by atoms with Gasteiger partial charge in [-0.15, -0.1) is 0 Å². The van der Waals surface area contributed by atoms with Crippen LogP contribution in [-0.4, -0.2) is 48.6 Å². The largest absolute Gasteiger partial charge is 0.335 e. The van der Waals surface area contributed by atoms with Crippen LogP contribution in [0, 0.1) is 0 Å². The molecular formula is C30H28N8. The lowest BCUT2D eigenvalue weighted by Gasteiger charge is -2.26. The van der Waals surface area contributed by atoms with Crippen molar-refractivity contribution in [2.45, 2.75) is 32.2 Å². The van der Waals surface area contributed by atoms with Crippen molar-refractivity contribution in [3.8, 4) is 11.1 Å². The predicted molar refractivity (Wildman–Crippen MR) is 149 cm³/mol. The number of rotatable bonds is 5. The Balaban J connectivity index is 1.22. The van der Waals surface area contributed by atoms with Crippen LogP contribution in [0.3, 0.4) is 0 Å². The van der Waals surface area contributed by atoms with Gasteiger partial charge in [-0.25, -0.2) is 4.98 Å². The molecule has 0 atom stereocenters. The third-order valence-corrected chi connectivity index (χ3v) is 7.38. The maximum absolute atomic E-state index is 4.98. The number of fused-ring (bicyclic) bond motifs is 3. The zero-order valence-corrected chi connectivity index (χ0v) is 21.1. The second kappa shape index (κ2) is 9.79. The first-order valence-corrected chi connectivity index (χ1v) is 13.2. The van der Waals surface area contributed by atoms with Crippen molar-refractivity contribution in [2.75, 3.05) is 13.1 Å². The van der Waals surface area contributed by atoms with Crippen molar-refractivity contribution in [2.24, 2.45) is 5.10 Å². The van der Waals surface area contributed by atoms with Crippen molar-refractivity contribution >= 4 is 22.3 Å². The van der Waals surface area contributed by atoms with Crippen LogP contribution in [0.15, 0.2) is 90.0 Å². The van der Waals surface area contributed by atoms with Gasteiger partial charge in [0, 0.05) is 60.8 Å². The molecule has 0 unspecified atom stereocenters. The van der Waals surface area contributed by atoms with Gasteiger partial charge in [-0.3, -0.25) is 25.3 Å². The van der Waals surface area contributed by atoms with Gasteiger partial charge in [-0.1, -0.05) is 12.5 Å². The number of pyridine rings is 3. The van der Waals surface area contributed by atoms with Crippen molar-refractivity contribution in [3.63, 3.8) is 0 Å². The fourth-order valence-corrected chi connectivity index (χ4v) is 5.45. The Kier molecular flexibility index (Phi) is 5.86. The van der Waals surface area contributed by atoms with Gasteiger partial charge in [0.05, 0.1) is 17.2 Å². The van der Waals surface area contributed by atoms with Crippen LogP contribution in [0.5, 0.6) is 0 Å². The van der Waals surface area contributed by atoms with Crippen LogP contribution < -0.4 is 5.43 Å². The maximum Gasteiger partial charge on any atom is 0.159 e. The first-order chi connectivity index (χ1) is 18.8. The van der Waals surface area contributed by atoms with E-state index in [4.69, 9.17) is 10.1 Å². The molecule has 2 N–H and O–H groups in total. The minimum atomic E-state index is 0.722. The van der Waals surface area contributed by atoms with Crippen LogP contribution >= 0.6 is 0 Å². The number of hydrogen-bond acceptors (Lipinski definition) is 7. The van der Waals surface area contributed by atoms with Gasteiger partial charge in [0.2, 0.25) is 0 Å². The molecule has 1 fully saturated rings. The molecule has 4 aromatic heterocycles. The number of hydrogen-bond donors (Lipinski definition) is 2. The summed E-state index contributed by atoms with van der Waals surface area (Å²) in [7, 11) is 0. The minimum absolute atomic E-state index is 0.722. The number of nitrogens with one attached hydrogen (secondary N) is 2. The van der Waals surface area contributed by atoms with E-state index in [0.717, 1.165) is 69.1 Å². The summed E-state index contributed by atoms with van der Waals surface area (Å²) in [6.07, 6.45) is 22.3. The van der Waals surface area contributed by atoms with Gasteiger partial charge in [0.1, 0.15) is 5.71 Å². The van der Waals surface area contributed by atoms with E-state index in [2.05, 4.69) is 54.6 Å². The molecule has 7 rings (SSSR count). The molecule has 38 heavy (non-hydrogen) atoms. The number of aromatic nitrogens is 5. The molecule has 3 aliphatic rings. The Morgan fingerprint density at radius 3 is 2.63 bits per heavy atom. The number of nitrogens with zero attached hydrogens (tertiary/aromatic N) is 6. The molecule has 6 heterocycles. The molecule has 2 aliphatic heterocycles. The van der Waals surface area contributed by atoms with Gasteiger partial charge >= 0.3 is 0 Å². The summed E-state index contributed by atoms with van der Waals surface area (Å²) < 4.78 is 0. The van der Waals surface area contributed by atoms with Crippen LogP contribution in [0.2, 0.25) is 0 Å². The summed E-state index contributed by atoms with van der Waals surface area (Å²) in [6.45, 7) is 3.29. The van der Waals surface area contributed by atoms with Crippen LogP contribution in [-0.2, 0) is 6.54 Å². The van der Waals surface area contributed by atoms with Gasteiger partial charge in [-0.05, 0) is 78.6 Å². The Labute approximate surface area is 221 Å². The molecule has 8 heteroatoms. The van der Waals surface area contributed by atoms with Gasteiger partial charge in [0.25, 0.3) is 0 Å². The SMILES string of the molecule is C1=C2CC(=CC(c3cncc(CN4CCCCC4)c3)=C1)C(c1nc3c(-c4ccncc4)cncc3[nH]1)=NN2. The Bertz CT molecular complexity index is 1620. The highest BCUT2D eigenvalue weighted by Gasteiger charge is 2.23. The molecule has 0 radical (unpaired) electrons. The number of imidazole rings is 1. The zero-order valence-electron chi connectivity index (χ0n) is 21.1. The second-order valence-electron chi connectivity index (χ2n) is 10.1. The van der Waals surface area contributed by atoms with E-state index in [1.165, 1.54) is 37.9 Å².